The fourth-order valence-electron chi connectivity index (χ4n) is 5.73. The summed E-state index contributed by atoms with van der Waals surface area (Å²) in [6.45, 7) is 1.01. The zero-order chi connectivity index (χ0) is 29.5. The highest BCUT2D eigenvalue weighted by molar-refractivity contribution is 7.17. The molecule has 0 spiro atoms. The Balaban J connectivity index is 1.40. The number of rotatable bonds is 9. The number of ether oxygens (including phenoxy) is 1. The van der Waals surface area contributed by atoms with Crippen molar-refractivity contribution in [2.75, 3.05) is 0 Å². The van der Waals surface area contributed by atoms with Gasteiger partial charge in [-0.2, -0.15) is 0 Å². The molecule has 4 nitrogen and oxygen atoms in total. The van der Waals surface area contributed by atoms with Gasteiger partial charge in [-0.3, -0.25) is 4.79 Å². The molecule has 0 aliphatic carbocycles. The molecule has 0 unspecified atom stereocenters. The SMILES string of the molecule is O=C(O)Cc1c(Cc2csc3ccc(Cl)cc23)n(Cc2csc3ccc(Cl)cc23)c2cc(OCc3ccccc3)ccc12. The molecule has 0 radical (unpaired) electrons. The van der Waals surface area contributed by atoms with Gasteiger partial charge >= 0.3 is 5.97 Å². The van der Waals surface area contributed by atoms with Crippen LogP contribution in [0.15, 0.2) is 95.7 Å². The lowest BCUT2D eigenvalue weighted by Gasteiger charge is -2.13. The molecule has 3 aromatic heterocycles. The van der Waals surface area contributed by atoms with Gasteiger partial charge in [0.05, 0.1) is 11.9 Å². The van der Waals surface area contributed by atoms with Crippen LogP contribution in [-0.4, -0.2) is 15.6 Å². The second-order valence-electron chi connectivity index (χ2n) is 10.5. The number of carboxylic acids is 1. The molecule has 214 valence electrons. The molecule has 4 aromatic carbocycles. The summed E-state index contributed by atoms with van der Waals surface area (Å²) in [4.78, 5) is 12.2. The first-order valence-corrected chi connectivity index (χ1v) is 16.3. The summed E-state index contributed by atoms with van der Waals surface area (Å²) in [6.07, 6.45) is 0.489. The van der Waals surface area contributed by atoms with E-state index in [9.17, 15) is 9.90 Å². The molecule has 0 bridgehead atoms. The Kier molecular flexibility index (Phi) is 7.62. The number of carbonyl (C=O) groups is 1. The number of hydrogen-bond acceptors (Lipinski definition) is 4. The maximum atomic E-state index is 12.2. The second kappa shape index (κ2) is 11.7. The molecule has 7 rings (SSSR count). The number of benzene rings is 4. The normalized spacial score (nSPS) is 11.6. The van der Waals surface area contributed by atoms with Gasteiger partial charge in [-0.25, -0.2) is 0 Å². The van der Waals surface area contributed by atoms with E-state index in [1.807, 2.05) is 84.9 Å². The van der Waals surface area contributed by atoms with Crippen LogP contribution in [0.25, 0.3) is 31.1 Å². The molecule has 7 aromatic rings. The Labute approximate surface area is 266 Å². The fraction of sp³-hybridized carbons (Fsp3) is 0.114. The summed E-state index contributed by atoms with van der Waals surface area (Å²) < 4.78 is 10.8. The minimum absolute atomic E-state index is 0.0813. The lowest BCUT2D eigenvalue weighted by atomic mass is 10.0. The molecule has 0 atom stereocenters. The van der Waals surface area contributed by atoms with E-state index in [0.29, 0.717) is 29.6 Å². The van der Waals surface area contributed by atoms with Gasteiger partial charge in [0.2, 0.25) is 0 Å². The molecular weight excluding hydrogens is 617 g/mol. The van der Waals surface area contributed by atoms with Crippen LogP contribution < -0.4 is 4.74 Å². The van der Waals surface area contributed by atoms with Crippen molar-refractivity contribution in [3.63, 3.8) is 0 Å². The van der Waals surface area contributed by atoms with E-state index in [2.05, 4.69) is 15.3 Å². The topological polar surface area (TPSA) is 51.5 Å². The highest BCUT2D eigenvalue weighted by atomic mass is 35.5. The predicted molar refractivity (Wildman–Crippen MR) is 180 cm³/mol. The molecule has 43 heavy (non-hydrogen) atoms. The number of thiophene rings is 2. The number of aliphatic carboxylic acids is 1. The zero-order valence-electron chi connectivity index (χ0n) is 22.8. The number of halogens is 2. The third kappa shape index (κ3) is 5.64. The van der Waals surface area contributed by atoms with Gasteiger partial charge in [0.25, 0.3) is 0 Å². The van der Waals surface area contributed by atoms with Crippen LogP contribution in [0.5, 0.6) is 5.75 Å². The van der Waals surface area contributed by atoms with E-state index in [4.69, 9.17) is 27.9 Å². The highest BCUT2D eigenvalue weighted by Gasteiger charge is 2.22. The molecule has 3 heterocycles. The summed E-state index contributed by atoms with van der Waals surface area (Å²) >= 11 is 16.2. The number of nitrogens with zero attached hydrogens (tertiary/aromatic N) is 1. The molecule has 0 fully saturated rings. The molecule has 0 aliphatic heterocycles. The molecule has 0 saturated heterocycles. The second-order valence-corrected chi connectivity index (χ2v) is 13.2. The number of fused-ring (bicyclic) bond motifs is 3. The van der Waals surface area contributed by atoms with E-state index < -0.39 is 5.97 Å². The first kappa shape index (κ1) is 28.0. The van der Waals surface area contributed by atoms with Gasteiger partial charge in [-0.05, 0) is 92.3 Å². The van der Waals surface area contributed by atoms with Crippen molar-refractivity contribution >= 4 is 82.9 Å². The smallest absolute Gasteiger partial charge is 0.307 e. The molecule has 0 aliphatic rings. The predicted octanol–water partition coefficient (Wildman–Crippen LogP) is 10.2. The van der Waals surface area contributed by atoms with Crippen molar-refractivity contribution in [1.82, 2.24) is 4.57 Å². The maximum absolute atomic E-state index is 12.2. The van der Waals surface area contributed by atoms with Crippen molar-refractivity contribution in [3.05, 3.63) is 134 Å². The van der Waals surface area contributed by atoms with E-state index in [-0.39, 0.29) is 6.42 Å². The van der Waals surface area contributed by atoms with Crippen LogP contribution >= 0.6 is 45.9 Å². The van der Waals surface area contributed by atoms with Gasteiger partial charge < -0.3 is 14.4 Å². The summed E-state index contributed by atoms with van der Waals surface area (Å²) in [5.74, 6) is -0.134. The maximum Gasteiger partial charge on any atom is 0.307 e. The summed E-state index contributed by atoms with van der Waals surface area (Å²) in [7, 11) is 0. The number of carboxylic acid groups (broad SMARTS) is 1. The van der Waals surface area contributed by atoms with Crippen LogP contribution in [0.4, 0.5) is 0 Å². The third-order valence-corrected chi connectivity index (χ3v) is 10.2. The van der Waals surface area contributed by atoms with Crippen LogP contribution in [0.3, 0.4) is 0 Å². The summed E-state index contributed by atoms with van der Waals surface area (Å²) in [5, 5.41) is 18.8. The van der Waals surface area contributed by atoms with Crippen molar-refractivity contribution in [2.24, 2.45) is 0 Å². The van der Waals surface area contributed by atoms with Gasteiger partial charge in [-0.15, -0.1) is 22.7 Å². The third-order valence-electron chi connectivity index (χ3n) is 7.75. The molecule has 0 saturated carbocycles. The zero-order valence-corrected chi connectivity index (χ0v) is 26.0. The highest BCUT2D eigenvalue weighted by Crippen LogP contribution is 2.37. The molecule has 8 heteroatoms. The van der Waals surface area contributed by atoms with Crippen LogP contribution in [-0.2, 0) is 30.8 Å². The quantitative estimate of drug-likeness (QED) is 0.171. The van der Waals surface area contributed by atoms with E-state index in [0.717, 1.165) is 64.8 Å². The Morgan fingerprint density at radius 2 is 1.47 bits per heavy atom. The van der Waals surface area contributed by atoms with Crippen molar-refractivity contribution in [3.8, 4) is 5.75 Å². The van der Waals surface area contributed by atoms with Gasteiger partial charge in [0.1, 0.15) is 12.4 Å². The monoisotopic (exact) mass is 641 g/mol. The van der Waals surface area contributed by atoms with Crippen LogP contribution in [0.1, 0.15) is 27.9 Å². The Morgan fingerprint density at radius 1 is 0.791 bits per heavy atom. The van der Waals surface area contributed by atoms with Crippen LogP contribution in [0.2, 0.25) is 10.0 Å². The van der Waals surface area contributed by atoms with E-state index >= 15 is 0 Å². The fourth-order valence-corrected chi connectivity index (χ4v) is 7.96. The molecular formula is C35H25Cl2NO3S2. The minimum Gasteiger partial charge on any atom is -0.489 e. The minimum atomic E-state index is -0.865. The summed E-state index contributed by atoms with van der Waals surface area (Å²) in [5.41, 5.74) is 6.06. The number of hydrogen-bond donors (Lipinski definition) is 1. The standard InChI is InChI=1S/C35H25Cl2NO3S2/c36-24-6-10-33-28(13-24)22(19-42-33)12-31-30(16-35(39)40)27-9-8-26(41-18-21-4-2-1-3-5-21)15-32(27)38(31)17-23-20-43-34-11-7-25(37)14-29(23)34/h1-11,13-15,19-20H,12,16-18H2,(H,39,40). The largest absolute Gasteiger partial charge is 0.489 e. The summed E-state index contributed by atoms with van der Waals surface area (Å²) in [6, 6.07) is 27.9. The average molecular weight is 643 g/mol. The van der Waals surface area contributed by atoms with E-state index in [1.165, 1.54) is 0 Å². The van der Waals surface area contributed by atoms with Crippen LogP contribution in [0, 0.1) is 0 Å². The lowest BCUT2D eigenvalue weighted by Crippen LogP contribution is -2.09. The number of aromatic nitrogens is 1. The Bertz CT molecular complexity index is 2130. The molecule has 0 amide bonds. The first-order valence-electron chi connectivity index (χ1n) is 13.8. The lowest BCUT2D eigenvalue weighted by molar-refractivity contribution is -0.136. The Hall–Kier alpha value is -3.81. The molecule has 1 N–H and O–H groups in total. The van der Waals surface area contributed by atoms with Gasteiger partial charge in [-0.1, -0.05) is 53.5 Å². The van der Waals surface area contributed by atoms with Crippen molar-refractivity contribution in [2.45, 2.75) is 26.0 Å². The van der Waals surface area contributed by atoms with E-state index in [1.54, 1.807) is 22.7 Å². The van der Waals surface area contributed by atoms with Crippen molar-refractivity contribution < 1.29 is 14.6 Å². The van der Waals surface area contributed by atoms with Gasteiger partial charge in [0, 0.05) is 49.6 Å². The van der Waals surface area contributed by atoms with Crippen molar-refractivity contribution in [1.29, 1.82) is 0 Å². The van der Waals surface area contributed by atoms with Gasteiger partial charge in [0.15, 0.2) is 0 Å². The average Bonchev–Trinajstić information content (AvgIpc) is 3.67. The Morgan fingerprint density at radius 3 is 2.16 bits per heavy atom. The first-order chi connectivity index (χ1) is 20.9.